The van der Waals surface area contributed by atoms with E-state index in [1.54, 1.807) is 4.57 Å². The van der Waals surface area contributed by atoms with Crippen LogP contribution in [0.4, 0.5) is 14.5 Å². The van der Waals surface area contributed by atoms with Crippen molar-refractivity contribution in [2.45, 2.75) is 56.2 Å². The van der Waals surface area contributed by atoms with Gasteiger partial charge in [0.05, 0.1) is 18.4 Å². The van der Waals surface area contributed by atoms with Crippen LogP contribution in [-0.2, 0) is 28.9 Å². The van der Waals surface area contributed by atoms with Gasteiger partial charge in [0.15, 0.2) is 11.6 Å². The Morgan fingerprint density at radius 2 is 2.07 bits per heavy atom. The molecule has 6 nitrogen and oxygen atoms in total. The number of carbonyl (C=O) groups is 1. The highest BCUT2D eigenvalue weighted by Crippen LogP contribution is 2.29. The fourth-order valence-electron chi connectivity index (χ4n) is 3.95. The molecule has 0 radical (unpaired) electrons. The number of anilines is 1. The molecule has 1 fully saturated rings. The number of halogens is 2. The van der Waals surface area contributed by atoms with E-state index in [9.17, 15) is 18.4 Å². The van der Waals surface area contributed by atoms with Gasteiger partial charge in [-0.05, 0) is 50.7 Å². The zero-order valence-corrected chi connectivity index (χ0v) is 17.3. The highest BCUT2D eigenvalue weighted by atomic mass is 32.2. The lowest BCUT2D eigenvalue weighted by molar-refractivity contribution is -0.113. The third-order valence-corrected chi connectivity index (χ3v) is 6.42. The fraction of sp³-hybridized carbons (Fsp3) is 0.476. The zero-order valence-electron chi connectivity index (χ0n) is 16.5. The second-order valence-electron chi connectivity index (χ2n) is 7.54. The first kappa shape index (κ1) is 21.0. The van der Waals surface area contributed by atoms with Crippen molar-refractivity contribution in [2.24, 2.45) is 0 Å². The van der Waals surface area contributed by atoms with Crippen LogP contribution in [0.25, 0.3) is 0 Å². The van der Waals surface area contributed by atoms with Gasteiger partial charge in [0.1, 0.15) is 5.03 Å². The molecule has 1 atom stereocenters. The van der Waals surface area contributed by atoms with Gasteiger partial charge in [0, 0.05) is 29.6 Å². The van der Waals surface area contributed by atoms with Crippen molar-refractivity contribution in [1.82, 2.24) is 9.55 Å². The molecule has 160 valence electrons. The van der Waals surface area contributed by atoms with Crippen molar-refractivity contribution in [3.8, 4) is 0 Å². The van der Waals surface area contributed by atoms with E-state index in [0.717, 1.165) is 68.5 Å². The molecule has 1 amide bonds. The number of rotatable bonds is 6. The highest BCUT2D eigenvalue weighted by Gasteiger charge is 2.24. The summed E-state index contributed by atoms with van der Waals surface area (Å²) in [7, 11) is 0. The van der Waals surface area contributed by atoms with Crippen LogP contribution >= 0.6 is 11.8 Å². The smallest absolute Gasteiger partial charge is 0.348 e. The van der Waals surface area contributed by atoms with E-state index in [2.05, 4.69) is 10.3 Å². The van der Waals surface area contributed by atoms with Gasteiger partial charge >= 0.3 is 5.69 Å². The van der Waals surface area contributed by atoms with Crippen LogP contribution in [0.15, 0.2) is 28.0 Å². The van der Waals surface area contributed by atoms with Crippen molar-refractivity contribution >= 4 is 23.4 Å². The van der Waals surface area contributed by atoms with Gasteiger partial charge in [-0.25, -0.2) is 13.6 Å². The van der Waals surface area contributed by atoms with Crippen LogP contribution in [0, 0.1) is 11.6 Å². The second-order valence-corrected chi connectivity index (χ2v) is 8.51. The maximum Gasteiger partial charge on any atom is 0.348 e. The summed E-state index contributed by atoms with van der Waals surface area (Å²) in [6.07, 6.45) is 5.67. The Bertz CT molecular complexity index is 1010. The first-order valence-electron chi connectivity index (χ1n) is 10.1. The number of amides is 1. The van der Waals surface area contributed by atoms with Crippen molar-refractivity contribution in [2.75, 3.05) is 17.7 Å². The Hall–Kier alpha value is -2.26. The Labute approximate surface area is 177 Å². The molecule has 9 heteroatoms. The van der Waals surface area contributed by atoms with Gasteiger partial charge in [-0.3, -0.25) is 9.36 Å². The molecule has 2 aliphatic rings. The Morgan fingerprint density at radius 3 is 2.83 bits per heavy atom. The van der Waals surface area contributed by atoms with Crippen LogP contribution in [0.2, 0.25) is 0 Å². The minimum atomic E-state index is -1.02. The van der Waals surface area contributed by atoms with E-state index in [0.29, 0.717) is 11.6 Å². The molecule has 4 rings (SSSR count). The number of benzene rings is 1. The summed E-state index contributed by atoms with van der Waals surface area (Å²) in [5.74, 6) is -2.35. The number of hydrogen-bond donors (Lipinski definition) is 1. The Morgan fingerprint density at radius 1 is 1.23 bits per heavy atom. The van der Waals surface area contributed by atoms with E-state index in [1.807, 2.05) is 0 Å². The van der Waals surface area contributed by atoms with Crippen molar-refractivity contribution in [3.05, 3.63) is 51.6 Å². The predicted molar refractivity (Wildman–Crippen MR) is 110 cm³/mol. The van der Waals surface area contributed by atoms with Gasteiger partial charge in [-0.1, -0.05) is 11.8 Å². The molecule has 0 spiro atoms. The number of fused-ring (bicyclic) bond motifs is 1. The highest BCUT2D eigenvalue weighted by molar-refractivity contribution is 8.00. The topological polar surface area (TPSA) is 73.2 Å². The fourth-order valence-corrected chi connectivity index (χ4v) is 4.83. The summed E-state index contributed by atoms with van der Waals surface area (Å²) in [4.78, 5) is 29.2. The molecular formula is C21H23F2N3O3S. The summed E-state index contributed by atoms with van der Waals surface area (Å²) in [6, 6.07) is 3.20. The summed E-state index contributed by atoms with van der Waals surface area (Å²) >= 11 is 1.20. The van der Waals surface area contributed by atoms with Gasteiger partial charge < -0.3 is 10.1 Å². The van der Waals surface area contributed by atoms with Crippen LogP contribution < -0.4 is 11.0 Å². The second kappa shape index (κ2) is 9.26. The van der Waals surface area contributed by atoms with Gasteiger partial charge in [0.25, 0.3) is 0 Å². The van der Waals surface area contributed by atoms with E-state index in [4.69, 9.17) is 4.74 Å². The first-order chi connectivity index (χ1) is 14.5. The monoisotopic (exact) mass is 435 g/mol. The van der Waals surface area contributed by atoms with Gasteiger partial charge in [0.2, 0.25) is 5.91 Å². The van der Waals surface area contributed by atoms with Crippen molar-refractivity contribution in [1.29, 1.82) is 0 Å². The lowest BCUT2D eigenvalue weighted by atomic mass is 9.97. The summed E-state index contributed by atoms with van der Waals surface area (Å²) < 4.78 is 33.8. The molecule has 0 bridgehead atoms. The van der Waals surface area contributed by atoms with Crippen molar-refractivity contribution in [3.63, 3.8) is 0 Å². The molecular weight excluding hydrogens is 412 g/mol. The quantitative estimate of drug-likeness (QED) is 0.557. The molecule has 1 aromatic carbocycles. The number of hydrogen-bond acceptors (Lipinski definition) is 5. The van der Waals surface area contributed by atoms with Crippen LogP contribution in [0.1, 0.15) is 36.9 Å². The summed E-state index contributed by atoms with van der Waals surface area (Å²) in [5, 5.41) is 3.12. The minimum absolute atomic E-state index is 0.0215. The molecule has 1 N–H and O–H groups in total. The van der Waals surface area contributed by atoms with Crippen LogP contribution in [-0.4, -0.2) is 33.9 Å². The predicted octanol–water partition coefficient (Wildman–Crippen LogP) is 3.31. The normalized spacial score (nSPS) is 18.3. The first-order valence-corrected chi connectivity index (χ1v) is 11.1. The Kier molecular flexibility index (Phi) is 6.48. The van der Waals surface area contributed by atoms with E-state index < -0.39 is 11.6 Å². The summed E-state index contributed by atoms with van der Waals surface area (Å²) in [6.45, 7) is 1.26. The molecule has 1 saturated heterocycles. The third-order valence-electron chi connectivity index (χ3n) is 5.40. The molecule has 30 heavy (non-hydrogen) atoms. The molecule has 0 unspecified atom stereocenters. The largest absolute Gasteiger partial charge is 0.376 e. The van der Waals surface area contributed by atoms with Crippen LogP contribution in [0.3, 0.4) is 0 Å². The van der Waals surface area contributed by atoms with Gasteiger partial charge in [-0.2, -0.15) is 4.98 Å². The van der Waals surface area contributed by atoms with E-state index in [-0.39, 0.29) is 29.1 Å². The Balaban J connectivity index is 1.48. The lowest BCUT2D eigenvalue weighted by Gasteiger charge is -2.24. The van der Waals surface area contributed by atoms with Crippen molar-refractivity contribution < 1.29 is 18.3 Å². The molecule has 1 aliphatic heterocycles. The lowest BCUT2D eigenvalue weighted by Crippen LogP contribution is -2.34. The number of carbonyl (C=O) groups excluding carboxylic acids is 1. The number of aromatic nitrogens is 2. The number of nitrogens with one attached hydrogen (secondary N) is 1. The standard InChI is InChI=1S/C21H23F2N3O3S/c22-16-8-7-13(10-17(16)23)24-19(27)12-30-20-15-5-1-2-6-18(15)26(21(28)25-20)11-14-4-3-9-29-14/h7-8,10,14H,1-6,9,11-12H2,(H,24,27)/t14-/m1/s1. The average molecular weight is 435 g/mol. The average Bonchev–Trinajstić information content (AvgIpc) is 3.25. The molecule has 2 aromatic rings. The molecule has 2 heterocycles. The minimum Gasteiger partial charge on any atom is -0.376 e. The zero-order chi connectivity index (χ0) is 21.1. The molecule has 0 saturated carbocycles. The summed E-state index contributed by atoms with van der Waals surface area (Å²) in [5.41, 5.74) is 1.90. The maximum absolute atomic E-state index is 13.3. The SMILES string of the molecule is O=C(CSc1nc(=O)n(C[C@H]2CCCO2)c2c1CCCC2)Nc1ccc(F)c(F)c1. The van der Waals surface area contributed by atoms with E-state index >= 15 is 0 Å². The van der Waals surface area contributed by atoms with E-state index in [1.165, 1.54) is 17.8 Å². The third kappa shape index (κ3) is 4.73. The molecule has 1 aromatic heterocycles. The number of thioether (sulfide) groups is 1. The number of nitrogens with zero attached hydrogens (tertiary/aromatic N) is 2. The maximum atomic E-state index is 13.3. The molecule has 1 aliphatic carbocycles. The van der Waals surface area contributed by atoms with Gasteiger partial charge in [-0.15, -0.1) is 0 Å². The number of ether oxygens (including phenoxy) is 1. The van der Waals surface area contributed by atoms with Crippen LogP contribution in [0.5, 0.6) is 0 Å².